The van der Waals surface area contributed by atoms with Gasteiger partial charge < -0.3 is 5.32 Å². The molecule has 1 heterocycles. The van der Waals surface area contributed by atoms with E-state index in [1.807, 2.05) is 6.07 Å². The number of nitrogens with two attached hydrogens (primary N) is 1. The average Bonchev–Trinajstić information content (AvgIpc) is 2.14. The Hall–Kier alpha value is -1.65. The van der Waals surface area contributed by atoms with Crippen molar-refractivity contribution >= 4 is 15.7 Å². The van der Waals surface area contributed by atoms with E-state index >= 15 is 0 Å². The molecule has 1 aromatic heterocycles. The number of primary sulfonamides is 1. The molecule has 0 saturated heterocycles. The lowest BCUT2D eigenvalue weighted by atomic mass is 10.1. The number of anilines is 1. The van der Waals surface area contributed by atoms with Crippen LogP contribution in [0.15, 0.2) is 6.07 Å². The van der Waals surface area contributed by atoms with E-state index in [0.29, 0.717) is 16.9 Å². The number of aryl methyl sites for hydroxylation is 2. The average molecular weight is 254 g/mol. The fourth-order valence-corrected chi connectivity index (χ4v) is 1.82. The van der Waals surface area contributed by atoms with Crippen LogP contribution in [0.2, 0.25) is 0 Å². The zero-order valence-electron chi connectivity index (χ0n) is 9.69. The highest BCUT2D eigenvalue weighted by atomic mass is 32.2. The number of pyridine rings is 1. The van der Waals surface area contributed by atoms with E-state index in [1.165, 1.54) is 0 Å². The van der Waals surface area contributed by atoms with Gasteiger partial charge in [-0.3, -0.25) is 4.98 Å². The van der Waals surface area contributed by atoms with Gasteiger partial charge in [-0.25, -0.2) is 13.6 Å². The Bertz CT molecular complexity index is 560. The van der Waals surface area contributed by atoms with Crippen molar-refractivity contribution in [3.63, 3.8) is 0 Å². The predicted molar refractivity (Wildman–Crippen MR) is 64.9 cm³/mol. The van der Waals surface area contributed by atoms with Crippen molar-refractivity contribution in [1.82, 2.24) is 4.98 Å². The summed E-state index contributed by atoms with van der Waals surface area (Å²) in [5.41, 5.74) is 2.39. The molecule has 0 unspecified atom stereocenters. The number of nitrogens with one attached hydrogen (secondary N) is 1. The first kappa shape index (κ1) is 13.4. The number of rotatable bonds is 4. The zero-order valence-corrected chi connectivity index (χ0v) is 10.5. The number of sulfonamides is 1. The maximum Gasteiger partial charge on any atom is 0.210 e. The van der Waals surface area contributed by atoms with Crippen LogP contribution in [0.25, 0.3) is 0 Å². The number of hydrogen-bond donors (Lipinski definition) is 2. The molecule has 3 N–H and O–H groups in total. The van der Waals surface area contributed by atoms with E-state index in [-0.39, 0.29) is 12.3 Å². The minimum Gasteiger partial charge on any atom is -0.383 e. The lowest BCUT2D eigenvalue weighted by molar-refractivity contribution is 0.598. The van der Waals surface area contributed by atoms with Crippen molar-refractivity contribution in [1.29, 1.82) is 5.26 Å². The predicted octanol–water partition coefficient (Wildman–Crippen LogP) is 0.271. The maximum absolute atomic E-state index is 10.8. The Balaban J connectivity index is 2.88. The molecule has 7 heteroatoms. The van der Waals surface area contributed by atoms with Gasteiger partial charge in [-0.2, -0.15) is 5.26 Å². The van der Waals surface area contributed by atoms with Crippen LogP contribution in [0, 0.1) is 25.2 Å². The van der Waals surface area contributed by atoms with Gasteiger partial charge >= 0.3 is 0 Å². The second kappa shape index (κ2) is 5.12. The smallest absolute Gasteiger partial charge is 0.210 e. The number of nitrogens with zero attached hydrogens (tertiary/aromatic N) is 2. The number of nitriles is 1. The van der Waals surface area contributed by atoms with Crippen molar-refractivity contribution in [2.75, 3.05) is 17.6 Å². The Morgan fingerprint density at radius 3 is 2.71 bits per heavy atom. The number of hydrogen-bond acceptors (Lipinski definition) is 5. The van der Waals surface area contributed by atoms with E-state index in [2.05, 4.69) is 10.3 Å². The van der Waals surface area contributed by atoms with Gasteiger partial charge in [0.25, 0.3) is 0 Å². The minimum absolute atomic E-state index is 0.163. The Labute approximate surface area is 101 Å². The van der Waals surface area contributed by atoms with Crippen molar-refractivity contribution in [2.45, 2.75) is 13.8 Å². The van der Waals surface area contributed by atoms with Crippen LogP contribution in [0.4, 0.5) is 5.69 Å². The maximum atomic E-state index is 10.8. The summed E-state index contributed by atoms with van der Waals surface area (Å²) >= 11 is 0. The van der Waals surface area contributed by atoms with E-state index in [9.17, 15) is 8.42 Å². The van der Waals surface area contributed by atoms with Crippen molar-refractivity contribution in [3.05, 3.63) is 23.0 Å². The number of aromatic nitrogens is 1. The third-order valence-electron chi connectivity index (χ3n) is 2.14. The van der Waals surface area contributed by atoms with Gasteiger partial charge in [-0.15, -0.1) is 0 Å². The SMILES string of the molecule is Cc1cc(NCCS(N)(=O)=O)c(C#N)c(C)n1. The summed E-state index contributed by atoms with van der Waals surface area (Å²) in [7, 11) is -3.50. The molecular weight excluding hydrogens is 240 g/mol. The van der Waals surface area contributed by atoms with Crippen LogP contribution in [0.5, 0.6) is 0 Å². The summed E-state index contributed by atoms with van der Waals surface area (Å²) in [5, 5.41) is 16.7. The first-order valence-corrected chi connectivity index (χ1v) is 6.67. The molecule has 6 nitrogen and oxygen atoms in total. The second-order valence-electron chi connectivity index (χ2n) is 3.68. The topological polar surface area (TPSA) is 109 Å². The molecule has 0 saturated carbocycles. The highest BCUT2D eigenvalue weighted by Gasteiger charge is 2.08. The van der Waals surface area contributed by atoms with Crippen molar-refractivity contribution in [2.24, 2.45) is 5.14 Å². The molecular formula is C10H14N4O2S. The summed E-state index contributed by atoms with van der Waals surface area (Å²) in [6, 6.07) is 3.74. The summed E-state index contributed by atoms with van der Waals surface area (Å²) < 4.78 is 21.5. The highest BCUT2D eigenvalue weighted by molar-refractivity contribution is 7.89. The van der Waals surface area contributed by atoms with Crippen LogP contribution in [0.3, 0.4) is 0 Å². The minimum atomic E-state index is -3.50. The van der Waals surface area contributed by atoms with Crippen LogP contribution in [-0.2, 0) is 10.0 Å². The van der Waals surface area contributed by atoms with E-state index in [4.69, 9.17) is 10.4 Å². The molecule has 1 aromatic rings. The Kier molecular flexibility index (Phi) is 4.04. The standard InChI is InChI=1S/C10H14N4O2S/c1-7-5-10(9(6-11)8(2)14-7)13-3-4-17(12,15)16/h5H,3-4H2,1-2H3,(H,13,14)(H2,12,15,16). The van der Waals surface area contributed by atoms with Crippen molar-refractivity contribution < 1.29 is 8.42 Å². The fourth-order valence-electron chi connectivity index (χ4n) is 1.44. The summed E-state index contributed by atoms with van der Waals surface area (Å²) in [6.07, 6.45) is 0. The molecule has 92 valence electrons. The molecule has 0 spiro atoms. The van der Waals surface area contributed by atoms with E-state index in [0.717, 1.165) is 5.69 Å². The third kappa shape index (κ3) is 4.01. The van der Waals surface area contributed by atoms with Crippen LogP contribution in [0.1, 0.15) is 17.0 Å². The molecule has 0 bridgehead atoms. The normalized spacial score (nSPS) is 10.9. The third-order valence-corrected chi connectivity index (χ3v) is 2.92. The first-order chi connectivity index (χ1) is 7.83. The Morgan fingerprint density at radius 2 is 2.18 bits per heavy atom. The summed E-state index contributed by atoms with van der Waals surface area (Å²) in [4.78, 5) is 4.16. The molecule has 0 amide bonds. The Morgan fingerprint density at radius 1 is 1.53 bits per heavy atom. The molecule has 1 rings (SSSR count). The highest BCUT2D eigenvalue weighted by Crippen LogP contribution is 2.18. The van der Waals surface area contributed by atoms with E-state index < -0.39 is 10.0 Å². The molecule has 0 fully saturated rings. The van der Waals surface area contributed by atoms with Crippen LogP contribution < -0.4 is 10.5 Å². The van der Waals surface area contributed by atoms with Crippen LogP contribution in [-0.4, -0.2) is 25.7 Å². The van der Waals surface area contributed by atoms with Gasteiger partial charge in [0.05, 0.1) is 22.7 Å². The fraction of sp³-hybridized carbons (Fsp3) is 0.400. The lowest BCUT2D eigenvalue weighted by Gasteiger charge is -2.10. The molecule has 0 atom stereocenters. The first-order valence-electron chi connectivity index (χ1n) is 4.96. The molecule has 0 aliphatic rings. The van der Waals surface area contributed by atoms with Gasteiger partial charge in [0.1, 0.15) is 6.07 Å². The largest absolute Gasteiger partial charge is 0.383 e. The van der Waals surface area contributed by atoms with Crippen LogP contribution >= 0.6 is 0 Å². The molecule has 0 aromatic carbocycles. The molecule has 17 heavy (non-hydrogen) atoms. The molecule has 0 aliphatic heterocycles. The van der Waals surface area contributed by atoms with Gasteiger partial charge in [-0.1, -0.05) is 0 Å². The summed E-state index contributed by atoms with van der Waals surface area (Å²) in [6.45, 7) is 3.70. The van der Waals surface area contributed by atoms with Crippen molar-refractivity contribution in [3.8, 4) is 6.07 Å². The monoisotopic (exact) mass is 254 g/mol. The molecule has 0 radical (unpaired) electrons. The molecule has 0 aliphatic carbocycles. The van der Waals surface area contributed by atoms with Gasteiger partial charge in [0, 0.05) is 12.2 Å². The summed E-state index contributed by atoms with van der Waals surface area (Å²) in [5.74, 6) is -0.182. The lowest BCUT2D eigenvalue weighted by Crippen LogP contribution is -2.22. The second-order valence-corrected chi connectivity index (χ2v) is 5.41. The van der Waals surface area contributed by atoms with Gasteiger partial charge in [0.15, 0.2) is 0 Å². The van der Waals surface area contributed by atoms with E-state index in [1.54, 1.807) is 19.9 Å². The zero-order chi connectivity index (χ0) is 13.1. The van der Waals surface area contributed by atoms with Gasteiger partial charge in [0.2, 0.25) is 10.0 Å². The quantitative estimate of drug-likeness (QED) is 0.801. The van der Waals surface area contributed by atoms with Gasteiger partial charge in [-0.05, 0) is 19.9 Å².